The van der Waals surface area contributed by atoms with E-state index in [2.05, 4.69) is 60.7 Å². The molecule has 1 atom stereocenters. The predicted molar refractivity (Wildman–Crippen MR) is 84.7 cm³/mol. The van der Waals surface area contributed by atoms with Crippen LogP contribution in [-0.4, -0.2) is 11.8 Å². The summed E-state index contributed by atoms with van der Waals surface area (Å²) in [6.07, 6.45) is 0.762. The summed E-state index contributed by atoms with van der Waals surface area (Å²) in [5.41, 5.74) is 6.12. The van der Waals surface area contributed by atoms with E-state index < -0.39 is 0 Å². The van der Waals surface area contributed by atoms with Gasteiger partial charge in [0.2, 0.25) is 0 Å². The minimum absolute atomic E-state index is 0.0666. The molecule has 18 heavy (non-hydrogen) atoms. The third-order valence-corrected chi connectivity index (χ3v) is 3.76. The van der Waals surface area contributed by atoms with E-state index in [0.717, 1.165) is 16.6 Å². The van der Waals surface area contributed by atoms with Gasteiger partial charge in [-0.15, -0.1) is 17.7 Å². The summed E-state index contributed by atoms with van der Waals surface area (Å²) in [4.78, 5) is 1.24. The lowest BCUT2D eigenvalue weighted by Crippen LogP contribution is -2.22. The van der Waals surface area contributed by atoms with Gasteiger partial charge in [0.05, 0.1) is 0 Å². The first-order valence-corrected chi connectivity index (χ1v) is 7.79. The Morgan fingerprint density at radius 2 is 2.11 bits per heavy atom. The van der Waals surface area contributed by atoms with Crippen LogP contribution in [0, 0.1) is 17.3 Å². The maximum absolute atomic E-state index is 6.05. The van der Waals surface area contributed by atoms with Crippen molar-refractivity contribution in [3.63, 3.8) is 0 Å². The summed E-state index contributed by atoms with van der Waals surface area (Å²) < 4.78 is 1.11. The second-order valence-corrected chi connectivity index (χ2v) is 7.29. The van der Waals surface area contributed by atoms with Crippen LogP contribution in [0.2, 0.25) is 0 Å². The molecule has 0 spiro atoms. The third kappa shape index (κ3) is 7.10. The summed E-state index contributed by atoms with van der Waals surface area (Å²) in [5, 5.41) is 0. The second kappa shape index (κ2) is 7.23. The lowest BCUT2D eigenvalue weighted by atomic mass is 9.98. The molecule has 1 aromatic rings. The van der Waals surface area contributed by atoms with Crippen molar-refractivity contribution in [1.29, 1.82) is 0 Å². The topological polar surface area (TPSA) is 26.0 Å². The van der Waals surface area contributed by atoms with Crippen LogP contribution in [0.1, 0.15) is 27.2 Å². The van der Waals surface area contributed by atoms with Crippen molar-refractivity contribution in [3.8, 4) is 11.8 Å². The molecule has 1 nitrogen and oxygen atoms in total. The van der Waals surface area contributed by atoms with E-state index in [1.807, 2.05) is 12.1 Å². The van der Waals surface area contributed by atoms with Crippen molar-refractivity contribution in [1.82, 2.24) is 0 Å². The van der Waals surface area contributed by atoms with Crippen molar-refractivity contribution < 1.29 is 0 Å². The van der Waals surface area contributed by atoms with E-state index in [9.17, 15) is 0 Å². The van der Waals surface area contributed by atoms with Crippen LogP contribution in [0.5, 0.6) is 0 Å². The largest absolute Gasteiger partial charge is 0.326 e. The number of hydrogen-bond donors (Lipinski definition) is 1. The predicted octanol–water partition coefficient (Wildman–Crippen LogP) is 4.31. The Bertz CT molecular complexity index is 440. The molecule has 0 aromatic heterocycles. The van der Waals surface area contributed by atoms with E-state index in [1.165, 1.54) is 4.90 Å². The minimum atomic E-state index is 0.0666. The van der Waals surface area contributed by atoms with Crippen molar-refractivity contribution in [2.24, 2.45) is 11.1 Å². The van der Waals surface area contributed by atoms with Gasteiger partial charge in [0.25, 0.3) is 0 Å². The first kappa shape index (κ1) is 15.6. The first-order chi connectivity index (χ1) is 8.37. The van der Waals surface area contributed by atoms with Gasteiger partial charge in [0.15, 0.2) is 0 Å². The zero-order valence-electron chi connectivity index (χ0n) is 11.2. The number of halogens is 1. The van der Waals surface area contributed by atoms with Gasteiger partial charge >= 0.3 is 0 Å². The van der Waals surface area contributed by atoms with Crippen LogP contribution >= 0.6 is 27.7 Å². The van der Waals surface area contributed by atoms with E-state index in [1.54, 1.807) is 11.8 Å². The summed E-state index contributed by atoms with van der Waals surface area (Å²) in [6, 6.07) is 8.40. The average molecular weight is 326 g/mol. The molecule has 0 aliphatic carbocycles. The van der Waals surface area contributed by atoms with Crippen LogP contribution in [-0.2, 0) is 0 Å². The summed E-state index contributed by atoms with van der Waals surface area (Å²) in [5.74, 6) is 7.29. The first-order valence-electron chi connectivity index (χ1n) is 6.01. The number of thioether (sulfide) groups is 1. The molecule has 0 saturated carbocycles. The Hall–Kier alpha value is -0.430. The Morgan fingerprint density at radius 1 is 1.39 bits per heavy atom. The van der Waals surface area contributed by atoms with Gasteiger partial charge in [-0.2, -0.15) is 0 Å². The van der Waals surface area contributed by atoms with E-state index >= 15 is 0 Å². The molecule has 1 aromatic carbocycles. The van der Waals surface area contributed by atoms with Crippen LogP contribution in [0.25, 0.3) is 0 Å². The van der Waals surface area contributed by atoms with Gasteiger partial charge in [-0.3, -0.25) is 0 Å². The van der Waals surface area contributed by atoms with Crippen LogP contribution in [0.4, 0.5) is 0 Å². The summed E-state index contributed by atoms with van der Waals surface area (Å²) in [7, 11) is 0. The Balaban J connectivity index is 2.37. The maximum atomic E-state index is 6.05. The highest BCUT2D eigenvalue weighted by Crippen LogP contribution is 2.22. The molecule has 3 heteroatoms. The van der Waals surface area contributed by atoms with Crippen LogP contribution < -0.4 is 5.73 Å². The summed E-state index contributed by atoms with van der Waals surface area (Å²) in [6.45, 7) is 6.34. The smallest absolute Gasteiger partial charge is 0.0249 e. The molecular weight excluding hydrogens is 306 g/mol. The fourth-order valence-corrected chi connectivity index (χ4v) is 2.73. The molecule has 2 N–H and O–H groups in total. The van der Waals surface area contributed by atoms with Gasteiger partial charge in [0, 0.05) is 33.0 Å². The molecule has 0 heterocycles. The highest BCUT2D eigenvalue weighted by Gasteiger charge is 2.05. The van der Waals surface area contributed by atoms with E-state index in [4.69, 9.17) is 5.73 Å². The number of rotatable bonds is 4. The highest BCUT2D eigenvalue weighted by molar-refractivity contribution is 9.10. The van der Waals surface area contributed by atoms with Crippen LogP contribution in [0.15, 0.2) is 33.6 Å². The van der Waals surface area contributed by atoms with Gasteiger partial charge in [-0.25, -0.2) is 0 Å². The van der Waals surface area contributed by atoms with E-state index in [-0.39, 0.29) is 11.5 Å². The quantitative estimate of drug-likeness (QED) is 0.659. The highest BCUT2D eigenvalue weighted by atomic mass is 79.9. The number of hydrogen-bond acceptors (Lipinski definition) is 2. The third-order valence-electron chi connectivity index (χ3n) is 2.09. The molecule has 0 saturated heterocycles. The fourth-order valence-electron chi connectivity index (χ4n) is 1.27. The van der Waals surface area contributed by atoms with Gasteiger partial charge in [-0.05, 0) is 39.0 Å². The van der Waals surface area contributed by atoms with Crippen molar-refractivity contribution in [2.75, 3.05) is 5.75 Å². The molecule has 0 fully saturated rings. The lowest BCUT2D eigenvalue weighted by Gasteiger charge is -2.09. The lowest BCUT2D eigenvalue weighted by molar-refractivity contribution is 0.569. The molecule has 1 unspecified atom stereocenters. The van der Waals surface area contributed by atoms with Crippen molar-refractivity contribution in [3.05, 3.63) is 28.7 Å². The summed E-state index contributed by atoms with van der Waals surface area (Å²) >= 11 is 5.24. The molecule has 0 aliphatic rings. The standard InChI is InChI=1S/C15H20BrNS/c1-15(2,3)9-5-7-13(17)11-18-14-8-4-6-12(16)10-14/h4,6,8,10,13H,7,11,17H2,1-3H3. The van der Waals surface area contributed by atoms with Crippen molar-refractivity contribution >= 4 is 27.7 Å². The Labute approximate surface area is 123 Å². The van der Waals surface area contributed by atoms with Gasteiger partial charge in [0.1, 0.15) is 0 Å². The fraction of sp³-hybridized carbons (Fsp3) is 0.467. The number of benzene rings is 1. The molecule has 0 bridgehead atoms. The van der Waals surface area contributed by atoms with Gasteiger partial charge in [-0.1, -0.05) is 27.9 Å². The average Bonchev–Trinajstić information content (AvgIpc) is 2.25. The Kier molecular flexibility index (Phi) is 6.28. The molecule has 0 amide bonds. The second-order valence-electron chi connectivity index (χ2n) is 5.28. The number of nitrogens with two attached hydrogens (primary N) is 1. The Morgan fingerprint density at radius 3 is 2.72 bits per heavy atom. The zero-order valence-corrected chi connectivity index (χ0v) is 13.6. The maximum Gasteiger partial charge on any atom is 0.0249 e. The van der Waals surface area contributed by atoms with Crippen molar-refractivity contribution in [2.45, 2.75) is 38.1 Å². The SMILES string of the molecule is CC(C)(C)C#CCC(N)CSc1cccc(Br)c1. The molecular formula is C15H20BrNS. The molecule has 98 valence electrons. The minimum Gasteiger partial charge on any atom is -0.326 e. The molecule has 1 rings (SSSR count). The normalized spacial score (nSPS) is 12.7. The van der Waals surface area contributed by atoms with E-state index in [0.29, 0.717) is 0 Å². The molecule has 0 aliphatic heterocycles. The zero-order chi connectivity index (χ0) is 13.6. The van der Waals surface area contributed by atoms with Crippen LogP contribution in [0.3, 0.4) is 0 Å². The molecule has 0 radical (unpaired) electrons. The monoisotopic (exact) mass is 325 g/mol. The van der Waals surface area contributed by atoms with Gasteiger partial charge < -0.3 is 5.73 Å².